The zero-order chi connectivity index (χ0) is 83.6. The summed E-state index contributed by atoms with van der Waals surface area (Å²) >= 11 is 30.8. The molecule has 119 heavy (non-hydrogen) atoms. The highest BCUT2D eigenvalue weighted by Gasteiger charge is 2.51. The highest BCUT2D eigenvalue weighted by atomic mass is 79.9. The first kappa shape index (κ1) is 83.4. The maximum absolute atomic E-state index is 13.4. The van der Waals surface area contributed by atoms with E-state index in [1.807, 2.05) is 24.3 Å². The van der Waals surface area contributed by atoms with E-state index in [9.17, 15) is 38.4 Å². The number of ether oxygens (including phenoxy) is 2. The maximum Gasteiger partial charge on any atom is 0.276 e. The van der Waals surface area contributed by atoms with Crippen molar-refractivity contribution in [3.63, 3.8) is 0 Å². The van der Waals surface area contributed by atoms with E-state index in [4.69, 9.17) is 67.3 Å². The second kappa shape index (κ2) is 36.4. The molecule has 0 aliphatic carbocycles. The van der Waals surface area contributed by atoms with Crippen LogP contribution in [0.5, 0.6) is 0 Å². The summed E-state index contributed by atoms with van der Waals surface area (Å²) in [5, 5.41) is 15.8. The van der Waals surface area contributed by atoms with Crippen LogP contribution in [0.1, 0.15) is 93.3 Å². The quantitative estimate of drug-likeness (QED) is 0.0758. The fourth-order valence-corrected chi connectivity index (χ4v) is 16.9. The lowest BCUT2D eigenvalue weighted by atomic mass is 9.97. The van der Waals surface area contributed by atoms with Gasteiger partial charge in [0.25, 0.3) is 45.9 Å². The van der Waals surface area contributed by atoms with E-state index in [1.165, 1.54) is 75.9 Å². The number of anilines is 9. The van der Waals surface area contributed by atoms with E-state index in [1.54, 1.807) is 67.9 Å². The van der Waals surface area contributed by atoms with E-state index in [2.05, 4.69) is 153 Å². The zero-order valence-corrected chi connectivity index (χ0v) is 68.8. The summed E-state index contributed by atoms with van der Waals surface area (Å²) in [6, 6.07) is 18.1. The monoisotopic (exact) mass is 1820 g/mol. The summed E-state index contributed by atoms with van der Waals surface area (Å²) in [6.07, 6.45) is 27.0. The fraction of sp³-hybridized carbons (Fsp3) is 0.297. The molecule has 11 aromatic heterocycles. The largest absolute Gasteiger partial charge is 0.384 e. The smallest absolute Gasteiger partial charge is 0.276 e. The minimum Gasteiger partial charge on any atom is -0.384 e. The van der Waals surface area contributed by atoms with Gasteiger partial charge in [0.2, 0.25) is 0 Å². The Labute approximate surface area is 711 Å². The second-order valence-electron chi connectivity index (χ2n) is 27.5. The number of amides is 4. The molecule has 4 spiro atoms. The summed E-state index contributed by atoms with van der Waals surface area (Å²) in [4.78, 5) is 165. The standard InChI is InChI=1S/2C19H17ClN8O2.C15H13BrClN5O2.C11H15N3O2.C6H4BrClN2O2.C4H5N3/c2*20-12-9-13(25-14-1-5-21-10-23-14)18(30)28-16(12)17(29)26-19(28)3-7-27(8-4-19)15-2-6-22-11-24-15;16-9-7-10(17)12-13(23)20-15(22(12)14(9)24)2-5-21(6-3-15)11-1-4-18-8-19-11;1-4-12-9-13-10(1)14-5-2-11(3-6-14)15-7-8-16-11;7-2-1-3(8)4(5(9)11)10-6(2)12;5-4-1-2-6-3-7-4/h2*1-2,5-6,9-11H,3-4,7-8H2,(H,26,29)(H,21,23,25);1,4,7-8H,2-3,5-6H2,(H,20,23);1,4,9H,2-3,5-8H2;1H,(H2,9,11)(H,10,12);1-3H,(H2,5,6,7). The third-order valence-electron chi connectivity index (χ3n) is 20.5. The summed E-state index contributed by atoms with van der Waals surface area (Å²) in [5.74, 6) is 2.83. The van der Waals surface area contributed by atoms with Crippen LogP contribution in [-0.4, -0.2) is 183 Å². The van der Waals surface area contributed by atoms with Crippen LogP contribution in [0.2, 0.25) is 20.1 Å². The van der Waals surface area contributed by atoms with Gasteiger partial charge in [0.15, 0.2) is 5.79 Å². The van der Waals surface area contributed by atoms with Crippen LogP contribution in [-0.2, 0) is 26.5 Å². The van der Waals surface area contributed by atoms with Gasteiger partial charge in [-0.3, -0.25) is 52.1 Å². The number of piperidine rings is 4. The Morgan fingerprint density at radius 2 is 0.731 bits per heavy atom. The zero-order valence-electron chi connectivity index (χ0n) is 62.6. The number of halogens is 6. The Kier molecular flexibility index (Phi) is 25.5. The number of H-pyrrole nitrogens is 1. The number of carbonyl (C=O) groups is 4. The highest BCUT2D eigenvalue weighted by molar-refractivity contribution is 9.10. The Morgan fingerprint density at radius 3 is 1.04 bits per heavy atom. The van der Waals surface area contributed by atoms with Crippen molar-refractivity contribution in [2.45, 2.75) is 74.1 Å². The normalized spacial score (nSPS) is 17.0. The lowest BCUT2D eigenvalue weighted by molar-refractivity contribution is -0.169. The van der Waals surface area contributed by atoms with Crippen LogP contribution in [0.4, 0.5) is 52.1 Å². The van der Waals surface area contributed by atoms with Crippen LogP contribution in [0, 0.1) is 0 Å². The van der Waals surface area contributed by atoms with Crippen molar-refractivity contribution in [1.29, 1.82) is 0 Å². The molecule has 4 amide bonds. The van der Waals surface area contributed by atoms with Gasteiger partial charge in [-0.2, -0.15) is 0 Å². The fourth-order valence-electron chi connectivity index (χ4n) is 14.8. The third kappa shape index (κ3) is 18.3. The van der Waals surface area contributed by atoms with Gasteiger partial charge in [-0.25, -0.2) is 69.8 Å². The number of rotatable bonds is 9. The van der Waals surface area contributed by atoms with Gasteiger partial charge in [-0.1, -0.05) is 46.4 Å². The molecule has 0 aromatic carbocycles. The number of hydrogen-bond acceptors (Lipinski definition) is 31. The lowest BCUT2D eigenvalue weighted by Gasteiger charge is -2.40. The Balaban J connectivity index is 0.000000123. The van der Waals surface area contributed by atoms with Crippen LogP contribution >= 0.6 is 78.3 Å². The molecule has 45 heteroatoms. The molecular formula is C74H71Br2Cl4N29O10. The van der Waals surface area contributed by atoms with Gasteiger partial charge >= 0.3 is 0 Å². The van der Waals surface area contributed by atoms with Crippen molar-refractivity contribution in [2.75, 3.05) is 102 Å². The first-order valence-electron chi connectivity index (χ1n) is 36.7. The summed E-state index contributed by atoms with van der Waals surface area (Å²) < 4.78 is 16.5. The van der Waals surface area contributed by atoms with Gasteiger partial charge in [0, 0.05) is 147 Å². The molecule has 5 fully saturated rings. The Hall–Kier alpha value is -12.1. The summed E-state index contributed by atoms with van der Waals surface area (Å²) in [5.41, 5.74) is 7.40. The van der Waals surface area contributed by atoms with Crippen molar-refractivity contribution >= 4 is 154 Å². The highest BCUT2D eigenvalue weighted by Crippen LogP contribution is 2.41. The molecular weight excluding hydrogens is 1760 g/mol. The SMILES string of the molecule is NC(=O)c1[nH]c(=O)c(Br)cc1Cl.Nc1ccncn1.O=C1NC2(CCN(c3ccncn3)CC2)n2c1c(Cl)cc(Br)c2=O.O=C1NC2(CCN(c3ccncn3)CC2)n2c1c(Cl)cc(Nc1ccncn1)c2=O.O=C1NC2(CCN(c3ccncn3)CC2)n2c1c(Cl)cc(Nc1ccncn1)c2=O.c1cc(N2CCC3(CC2)OCCO3)ncn1. The molecule has 0 atom stereocenters. The molecule has 0 unspecified atom stereocenters. The molecule has 614 valence electrons. The lowest BCUT2D eigenvalue weighted by Crippen LogP contribution is -2.54. The van der Waals surface area contributed by atoms with Gasteiger partial charge in [0.1, 0.15) is 136 Å². The number of carbonyl (C=O) groups excluding carboxylic acids is 4. The van der Waals surface area contributed by atoms with Crippen LogP contribution < -0.4 is 79.9 Å². The number of hydrogen-bond donors (Lipinski definition) is 8. The Morgan fingerprint density at radius 1 is 0.412 bits per heavy atom. The van der Waals surface area contributed by atoms with Crippen molar-refractivity contribution in [3.8, 4) is 0 Å². The predicted octanol–water partition coefficient (Wildman–Crippen LogP) is 6.56. The summed E-state index contributed by atoms with van der Waals surface area (Å²) in [6.45, 7) is 7.10. The molecule has 0 saturated carbocycles. The molecule has 5 saturated heterocycles. The van der Waals surface area contributed by atoms with E-state index in [0.29, 0.717) is 99.7 Å². The first-order valence-corrected chi connectivity index (χ1v) is 39.8. The molecule has 0 radical (unpaired) electrons. The van der Waals surface area contributed by atoms with Gasteiger partial charge in [-0.05, 0) is 98.6 Å². The van der Waals surface area contributed by atoms with Gasteiger partial charge in [0.05, 0.1) is 42.2 Å². The molecule has 19 heterocycles. The van der Waals surface area contributed by atoms with E-state index >= 15 is 0 Å². The second-order valence-corrected chi connectivity index (χ2v) is 30.8. The number of nitrogens with zero attached hydrogens (tertiary/aromatic N) is 21. The average molecular weight is 1830 g/mol. The number of nitrogens with one attached hydrogen (secondary N) is 6. The minimum absolute atomic E-state index is 0.0788. The molecule has 39 nitrogen and oxygen atoms in total. The van der Waals surface area contributed by atoms with Crippen molar-refractivity contribution in [1.82, 2.24) is 104 Å². The minimum atomic E-state index is -0.833. The van der Waals surface area contributed by atoms with Crippen LogP contribution in [0.25, 0.3) is 0 Å². The third-order valence-corrected chi connectivity index (χ3v) is 22.9. The molecule has 0 bridgehead atoms. The number of nitrogen functional groups attached to an aromatic ring is 1. The van der Waals surface area contributed by atoms with Crippen molar-refractivity contribution in [3.05, 3.63) is 248 Å². The maximum atomic E-state index is 13.4. The molecule has 11 aromatic rings. The number of primary amides is 1. The number of fused-ring (bicyclic) bond motifs is 6. The van der Waals surface area contributed by atoms with Crippen molar-refractivity contribution < 1.29 is 28.7 Å². The van der Waals surface area contributed by atoms with E-state index in [0.717, 1.165) is 62.4 Å². The average Bonchev–Trinajstić information content (AvgIpc) is 1.58. The topological polar surface area (TPSA) is 491 Å². The van der Waals surface area contributed by atoms with E-state index < -0.39 is 28.5 Å². The van der Waals surface area contributed by atoms with Gasteiger partial charge in [-0.15, -0.1) is 0 Å². The van der Waals surface area contributed by atoms with Crippen LogP contribution in [0.15, 0.2) is 183 Å². The Bertz CT molecular complexity index is 5570. The number of aromatic amines is 1. The number of pyridine rings is 4. The van der Waals surface area contributed by atoms with Crippen LogP contribution in [0.3, 0.4) is 0 Å². The molecule has 8 aliphatic heterocycles. The first-order chi connectivity index (χ1) is 57.5. The number of nitrogens with two attached hydrogens (primary N) is 2. The molecule has 8 aliphatic rings. The molecule has 10 N–H and O–H groups in total. The molecule has 19 rings (SSSR count). The summed E-state index contributed by atoms with van der Waals surface area (Å²) in [7, 11) is 0. The van der Waals surface area contributed by atoms with Gasteiger partial charge < -0.3 is 72.1 Å². The predicted molar refractivity (Wildman–Crippen MR) is 445 cm³/mol. The van der Waals surface area contributed by atoms with E-state index in [-0.39, 0.29) is 98.9 Å². The number of aromatic nitrogens is 18. The van der Waals surface area contributed by atoms with Crippen molar-refractivity contribution in [2.24, 2.45) is 5.73 Å².